The number of hydrogen-bond acceptors (Lipinski definition) is 9. The highest BCUT2D eigenvalue weighted by atomic mass is 79.9. The number of nitrogens with one attached hydrogen (secondary N) is 1. The van der Waals surface area contributed by atoms with Crippen molar-refractivity contribution in [2.75, 3.05) is 6.61 Å². The van der Waals surface area contributed by atoms with E-state index in [4.69, 9.17) is 22.1 Å². The largest absolute Gasteiger partial charge is 0.395 e. The van der Waals surface area contributed by atoms with Crippen LogP contribution in [0.25, 0.3) is 5.70 Å². The number of halogens is 2. The molecule has 5 unspecified atom stereocenters. The molecule has 3 rings (SSSR count). The van der Waals surface area contributed by atoms with Gasteiger partial charge < -0.3 is 31.1 Å². The second kappa shape index (κ2) is 9.77. The van der Waals surface area contributed by atoms with Gasteiger partial charge in [-0.25, -0.2) is 4.98 Å². The third kappa shape index (κ3) is 5.00. The number of thiazole rings is 1. The molecular weight excluding hydrogens is 490 g/mol. The Bertz CT molecular complexity index is 827. The van der Waals surface area contributed by atoms with Gasteiger partial charge in [-0.05, 0) is 34.1 Å². The number of hydrogen-bond donors (Lipinski definition) is 5. The first kappa shape index (κ1) is 21.8. The third-order valence-corrected chi connectivity index (χ3v) is 7.32. The fourth-order valence-electron chi connectivity index (χ4n) is 2.68. The van der Waals surface area contributed by atoms with Gasteiger partial charge in [0.25, 0.3) is 0 Å². The summed E-state index contributed by atoms with van der Waals surface area (Å²) in [7, 11) is 0. The first-order valence-corrected chi connectivity index (χ1v) is 11.2. The van der Waals surface area contributed by atoms with E-state index in [1.54, 1.807) is 23.7 Å². The molecule has 2 heterocycles. The van der Waals surface area contributed by atoms with Crippen LogP contribution in [0.5, 0.6) is 0 Å². The summed E-state index contributed by atoms with van der Waals surface area (Å²) in [4.78, 5) is 4.92. The predicted octanol–water partition coefficient (Wildman–Crippen LogP) is 2.01. The van der Waals surface area contributed by atoms with Gasteiger partial charge in [-0.15, -0.1) is 11.3 Å². The molecule has 152 valence electrons. The average Bonchev–Trinajstić information content (AvgIpc) is 3.21. The fourth-order valence-corrected chi connectivity index (χ4v) is 5.00. The predicted molar refractivity (Wildman–Crippen MR) is 114 cm³/mol. The molecule has 1 aliphatic heterocycles. The Morgan fingerprint density at radius 3 is 2.86 bits per heavy atom. The molecule has 1 aromatic heterocycles. The summed E-state index contributed by atoms with van der Waals surface area (Å²) in [5, 5.41) is 36.8. The van der Waals surface area contributed by atoms with Crippen molar-refractivity contribution in [2.45, 2.75) is 34.7 Å². The summed E-state index contributed by atoms with van der Waals surface area (Å²) >= 11 is 12.0. The van der Waals surface area contributed by atoms with Crippen LogP contribution in [0, 0.1) is 0 Å². The molecule has 1 saturated heterocycles. The Labute approximate surface area is 183 Å². The Balaban J connectivity index is 1.76. The number of ether oxygens (including phenoxy) is 1. The zero-order valence-electron chi connectivity index (χ0n) is 14.4. The molecule has 11 heteroatoms. The van der Waals surface area contributed by atoms with Crippen LogP contribution in [0.4, 0.5) is 0 Å². The topological polar surface area (TPSA) is 121 Å². The summed E-state index contributed by atoms with van der Waals surface area (Å²) < 4.78 is 6.43. The number of nitrogens with zero attached hydrogens (tertiary/aromatic N) is 1. The van der Waals surface area contributed by atoms with Crippen molar-refractivity contribution in [1.82, 2.24) is 10.3 Å². The minimum Gasteiger partial charge on any atom is -0.395 e. The van der Waals surface area contributed by atoms with Crippen molar-refractivity contribution in [1.29, 1.82) is 0 Å². The first-order chi connectivity index (χ1) is 13.4. The molecule has 0 aliphatic carbocycles. The van der Waals surface area contributed by atoms with Gasteiger partial charge in [0.2, 0.25) is 0 Å². The second-order valence-electron chi connectivity index (χ2n) is 6.03. The molecule has 0 spiro atoms. The van der Waals surface area contributed by atoms with Crippen LogP contribution >= 0.6 is 50.6 Å². The highest BCUT2D eigenvalue weighted by molar-refractivity contribution is 9.10. The van der Waals surface area contributed by atoms with E-state index in [1.165, 1.54) is 29.3 Å². The number of benzene rings is 1. The average molecular weight is 509 g/mol. The molecule has 6 N–H and O–H groups in total. The van der Waals surface area contributed by atoms with Crippen LogP contribution < -0.4 is 11.1 Å². The minimum atomic E-state index is -1.13. The summed E-state index contributed by atoms with van der Waals surface area (Å²) in [6, 6.07) is 4.55. The molecule has 7 nitrogen and oxygen atoms in total. The van der Waals surface area contributed by atoms with Crippen molar-refractivity contribution in [3.8, 4) is 0 Å². The number of aliphatic hydroxyl groups is 3. The Hall–Kier alpha value is -0.850. The van der Waals surface area contributed by atoms with Gasteiger partial charge >= 0.3 is 0 Å². The van der Waals surface area contributed by atoms with Gasteiger partial charge in [-0.1, -0.05) is 23.4 Å². The van der Waals surface area contributed by atoms with Crippen LogP contribution in [-0.2, 0) is 4.74 Å². The highest BCUT2D eigenvalue weighted by Gasteiger charge is 2.44. The van der Waals surface area contributed by atoms with Crippen LogP contribution in [0.15, 0.2) is 45.3 Å². The lowest BCUT2D eigenvalue weighted by Crippen LogP contribution is -2.62. The monoisotopic (exact) mass is 507 g/mol. The fraction of sp³-hybridized carbons (Fsp3) is 0.353. The lowest BCUT2D eigenvalue weighted by Gasteiger charge is -2.42. The van der Waals surface area contributed by atoms with Gasteiger partial charge in [-0.2, -0.15) is 0 Å². The quantitative estimate of drug-likeness (QED) is 0.402. The van der Waals surface area contributed by atoms with Crippen LogP contribution in [-0.4, -0.2) is 56.7 Å². The maximum absolute atomic E-state index is 10.8. The van der Waals surface area contributed by atoms with Gasteiger partial charge in [0, 0.05) is 27.1 Å². The second-order valence-corrected chi connectivity index (χ2v) is 9.36. The molecule has 28 heavy (non-hydrogen) atoms. The highest BCUT2D eigenvalue weighted by Crippen LogP contribution is 2.36. The summed E-state index contributed by atoms with van der Waals surface area (Å²) in [6.45, 7) is -0.390. The van der Waals surface area contributed by atoms with Crippen molar-refractivity contribution in [3.63, 3.8) is 0 Å². The van der Waals surface area contributed by atoms with Gasteiger partial charge in [0.15, 0.2) is 0 Å². The van der Waals surface area contributed by atoms with Crippen molar-refractivity contribution in [3.05, 3.63) is 50.5 Å². The molecule has 5 atom stereocenters. The summed E-state index contributed by atoms with van der Waals surface area (Å²) in [6.07, 6.45) is 0.0730. The van der Waals surface area contributed by atoms with Crippen LogP contribution in [0.1, 0.15) is 5.01 Å². The van der Waals surface area contributed by atoms with E-state index in [-0.39, 0.29) is 6.61 Å². The van der Waals surface area contributed by atoms with Gasteiger partial charge in [0.05, 0.1) is 23.4 Å². The molecule has 0 amide bonds. The number of nitrogens with two attached hydrogens (primary N) is 1. The number of thioether (sulfide) groups is 1. The minimum absolute atomic E-state index is 0.382. The van der Waals surface area contributed by atoms with E-state index < -0.39 is 29.8 Å². The third-order valence-electron chi connectivity index (χ3n) is 4.14. The molecule has 2 aromatic rings. The molecule has 1 aromatic carbocycles. The molecule has 0 bridgehead atoms. The van der Waals surface area contributed by atoms with E-state index in [0.717, 1.165) is 9.37 Å². The number of rotatable bonds is 6. The van der Waals surface area contributed by atoms with E-state index in [0.29, 0.717) is 15.7 Å². The maximum Gasteiger partial charge on any atom is 0.140 e. The van der Waals surface area contributed by atoms with Crippen molar-refractivity contribution >= 4 is 56.3 Å². The zero-order valence-corrected chi connectivity index (χ0v) is 18.4. The van der Waals surface area contributed by atoms with Crippen LogP contribution in [0.2, 0.25) is 5.02 Å². The lowest BCUT2D eigenvalue weighted by atomic mass is 9.97. The summed E-state index contributed by atoms with van der Waals surface area (Å²) in [5.74, 6) is 0. The van der Waals surface area contributed by atoms with Gasteiger partial charge in [0.1, 0.15) is 28.8 Å². The van der Waals surface area contributed by atoms with Gasteiger partial charge in [-0.3, -0.25) is 0 Å². The molecule has 1 aliphatic rings. The van der Waals surface area contributed by atoms with E-state index in [1.807, 2.05) is 6.07 Å². The number of aromatic nitrogens is 1. The van der Waals surface area contributed by atoms with E-state index >= 15 is 0 Å². The Kier molecular flexibility index (Phi) is 7.62. The molecule has 1 fully saturated rings. The van der Waals surface area contributed by atoms with Crippen LogP contribution in [0.3, 0.4) is 0 Å². The van der Waals surface area contributed by atoms with Crippen molar-refractivity contribution in [2.24, 2.45) is 5.73 Å². The van der Waals surface area contributed by atoms with E-state index in [9.17, 15) is 15.3 Å². The molecular formula is C17H19BrClN3O4S2. The lowest BCUT2D eigenvalue weighted by molar-refractivity contribution is -0.164. The molecule has 0 saturated carbocycles. The van der Waals surface area contributed by atoms with E-state index in [2.05, 4.69) is 26.2 Å². The standard InChI is InChI=1S/C17H19BrClN3O4S2/c18-9-5-8(1-2-10(9)19)28-17-15(25)13(14(24)12(7-23)26-17)22-6-11(20)16-21-3-4-27-16/h1-6,12-15,17,22-25H,7,20H2/b11-6-. The number of aliphatic hydroxyl groups excluding tert-OH is 3. The molecule has 0 radical (unpaired) electrons. The maximum atomic E-state index is 10.8. The normalized spacial score (nSPS) is 28.3. The zero-order chi connectivity index (χ0) is 20.3. The Morgan fingerprint density at radius 2 is 2.21 bits per heavy atom. The smallest absolute Gasteiger partial charge is 0.140 e. The first-order valence-electron chi connectivity index (χ1n) is 8.26. The van der Waals surface area contributed by atoms with Crippen molar-refractivity contribution < 1.29 is 20.1 Å². The summed E-state index contributed by atoms with van der Waals surface area (Å²) in [5.41, 5.74) is 5.64. The Morgan fingerprint density at radius 1 is 1.43 bits per heavy atom. The SMILES string of the molecule is N/C(=C\NC1C(O)C(CO)OC(Sc2ccc(Cl)c(Br)c2)C1O)c1nccs1.